The number of rotatable bonds is 6. The maximum absolute atomic E-state index is 13.5. The number of aromatic nitrogens is 7. The molecular weight excluding hydrogens is 485 g/mol. The Labute approximate surface area is 204 Å². The Morgan fingerprint density at radius 2 is 1.75 bits per heavy atom. The zero-order valence-corrected chi connectivity index (χ0v) is 19.7. The smallest absolute Gasteiger partial charge is 0.250 e. The summed E-state index contributed by atoms with van der Waals surface area (Å²) in [7, 11) is -3.54. The van der Waals surface area contributed by atoms with E-state index in [1.807, 2.05) is 24.3 Å². The number of hydrogen-bond donors (Lipinski definition) is 0. The fourth-order valence-electron chi connectivity index (χ4n) is 3.52. The van der Waals surface area contributed by atoms with Crippen LogP contribution in [-0.2, 0) is 16.4 Å². The van der Waals surface area contributed by atoms with Gasteiger partial charge >= 0.3 is 0 Å². The summed E-state index contributed by atoms with van der Waals surface area (Å²) in [5, 5.41) is 8.20. The molecule has 4 aromatic heterocycles. The van der Waals surface area contributed by atoms with Crippen LogP contribution in [0.5, 0.6) is 0 Å². The van der Waals surface area contributed by atoms with Gasteiger partial charge < -0.3 is 0 Å². The normalized spacial score (nSPS) is 11.5. The topological polar surface area (TPSA) is 126 Å². The Kier molecular flexibility index (Phi) is 5.94. The van der Waals surface area contributed by atoms with Crippen LogP contribution in [-0.4, -0.2) is 48.6 Å². The van der Waals surface area contributed by atoms with E-state index < -0.39 is 15.8 Å². The van der Waals surface area contributed by atoms with E-state index in [9.17, 15) is 17.6 Å². The molecule has 0 aliphatic heterocycles. The first-order valence-electron chi connectivity index (χ1n) is 10.6. The van der Waals surface area contributed by atoms with E-state index >= 15 is 0 Å². The molecule has 0 radical (unpaired) electrons. The van der Waals surface area contributed by atoms with Crippen LogP contribution < -0.4 is 5.43 Å². The van der Waals surface area contributed by atoms with Gasteiger partial charge in [0.2, 0.25) is 5.43 Å². The zero-order valence-electron chi connectivity index (χ0n) is 18.9. The summed E-state index contributed by atoms with van der Waals surface area (Å²) in [5.74, 6) is 0.0266. The molecule has 180 valence electrons. The average Bonchev–Trinajstić information content (AvgIpc) is 3.37. The van der Waals surface area contributed by atoms with Gasteiger partial charge in [-0.15, -0.1) is 0 Å². The first-order chi connectivity index (χ1) is 17.3. The summed E-state index contributed by atoms with van der Waals surface area (Å²) in [5.41, 5.74) is 3.18. The van der Waals surface area contributed by atoms with Gasteiger partial charge in [0.1, 0.15) is 17.2 Å². The van der Waals surface area contributed by atoms with Crippen molar-refractivity contribution in [3.05, 3.63) is 107 Å². The van der Waals surface area contributed by atoms with Crippen LogP contribution in [0, 0.1) is 5.82 Å². The van der Waals surface area contributed by atoms with Crippen LogP contribution >= 0.6 is 0 Å². The number of pyridine rings is 1. The van der Waals surface area contributed by atoms with Crippen molar-refractivity contribution in [3.8, 4) is 28.2 Å². The molecule has 0 bridgehead atoms. The van der Waals surface area contributed by atoms with Crippen molar-refractivity contribution < 1.29 is 12.8 Å². The Bertz CT molecular complexity index is 1730. The minimum atomic E-state index is -3.54. The van der Waals surface area contributed by atoms with Gasteiger partial charge in [-0.3, -0.25) is 9.78 Å². The third-order valence-corrected chi connectivity index (χ3v) is 6.16. The standard InChI is InChI=1S/C24H18FN7O3S/c1-36(34,35)32-15-21(14-29-32)31-6-5-23(33)22(30-31)8-16-3-2-4-17(7-16)24-27-11-19(12-28-24)18-9-20(25)13-26-10-18/h2-7,9-15H,8H2,1H3. The third kappa shape index (κ3) is 4.93. The van der Waals surface area contributed by atoms with Crippen molar-refractivity contribution in [1.82, 2.24) is 33.9 Å². The van der Waals surface area contributed by atoms with Crippen LogP contribution in [0.3, 0.4) is 0 Å². The summed E-state index contributed by atoms with van der Waals surface area (Å²) in [6, 6.07) is 10.1. The Balaban J connectivity index is 1.40. The summed E-state index contributed by atoms with van der Waals surface area (Å²) >= 11 is 0. The molecule has 0 amide bonds. The molecule has 0 saturated heterocycles. The van der Waals surface area contributed by atoms with E-state index in [4.69, 9.17) is 0 Å². The molecule has 4 heterocycles. The quantitative estimate of drug-likeness (QED) is 0.346. The highest BCUT2D eigenvalue weighted by Crippen LogP contribution is 2.21. The molecule has 1 aromatic carbocycles. The molecule has 5 rings (SSSR count). The van der Waals surface area contributed by atoms with Gasteiger partial charge in [0, 0.05) is 54.0 Å². The van der Waals surface area contributed by atoms with Crippen molar-refractivity contribution >= 4 is 10.0 Å². The molecule has 0 atom stereocenters. The Hall–Kier alpha value is -4.58. The highest BCUT2D eigenvalue weighted by molar-refractivity contribution is 7.89. The fraction of sp³-hybridized carbons (Fsp3) is 0.0833. The molecule has 0 spiro atoms. The second-order valence-electron chi connectivity index (χ2n) is 7.97. The monoisotopic (exact) mass is 503 g/mol. The molecule has 0 aliphatic carbocycles. The van der Waals surface area contributed by atoms with Gasteiger partial charge in [-0.05, 0) is 17.7 Å². The van der Waals surface area contributed by atoms with Crippen LogP contribution in [0.4, 0.5) is 4.39 Å². The van der Waals surface area contributed by atoms with Gasteiger partial charge in [-0.25, -0.2) is 27.5 Å². The first kappa shape index (κ1) is 23.2. The lowest BCUT2D eigenvalue weighted by Gasteiger charge is -2.07. The molecule has 12 heteroatoms. The molecule has 10 nitrogen and oxygen atoms in total. The Morgan fingerprint density at radius 1 is 0.944 bits per heavy atom. The van der Waals surface area contributed by atoms with E-state index in [0.717, 1.165) is 27.7 Å². The minimum absolute atomic E-state index is 0.237. The van der Waals surface area contributed by atoms with E-state index in [-0.39, 0.29) is 17.5 Å². The highest BCUT2D eigenvalue weighted by atomic mass is 32.2. The second kappa shape index (κ2) is 9.23. The molecule has 0 saturated carbocycles. The van der Waals surface area contributed by atoms with Crippen LogP contribution in [0.2, 0.25) is 0 Å². The number of benzene rings is 1. The van der Waals surface area contributed by atoms with Gasteiger partial charge in [0.15, 0.2) is 5.82 Å². The van der Waals surface area contributed by atoms with Crippen molar-refractivity contribution in [2.45, 2.75) is 6.42 Å². The van der Waals surface area contributed by atoms with E-state index in [1.165, 1.54) is 41.6 Å². The van der Waals surface area contributed by atoms with Gasteiger partial charge in [-0.2, -0.15) is 14.3 Å². The fourth-order valence-corrected chi connectivity index (χ4v) is 4.04. The molecule has 0 N–H and O–H groups in total. The van der Waals surface area contributed by atoms with Crippen LogP contribution in [0.1, 0.15) is 11.3 Å². The maximum atomic E-state index is 13.5. The van der Waals surface area contributed by atoms with Crippen molar-refractivity contribution in [2.75, 3.05) is 6.26 Å². The lowest BCUT2D eigenvalue weighted by Crippen LogP contribution is -2.16. The van der Waals surface area contributed by atoms with E-state index in [2.05, 4.69) is 25.1 Å². The summed E-state index contributed by atoms with van der Waals surface area (Å²) in [6.07, 6.45) is 11.3. The summed E-state index contributed by atoms with van der Waals surface area (Å²) in [6.45, 7) is 0. The van der Waals surface area contributed by atoms with Crippen molar-refractivity contribution in [1.29, 1.82) is 0 Å². The summed E-state index contributed by atoms with van der Waals surface area (Å²) in [4.78, 5) is 25.1. The number of halogens is 1. The summed E-state index contributed by atoms with van der Waals surface area (Å²) < 4.78 is 39.1. The Morgan fingerprint density at radius 3 is 2.47 bits per heavy atom. The predicted octanol–water partition coefficient (Wildman–Crippen LogP) is 2.49. The van der Waals surface area contributed by atoms with Crippen molar-refractivity contribution in [2.24, 2.45) is 0 Å². The lowest BCUT2D eigenvalue weighted by atomic mass is 10.1. The molecule has 5 aromatic rings. The SMILES string of the molecule is CS(=O)(=O)n1cc(-n2ccc(=O)c(Cc3cccc(-c4ncc(-c5cncc(F)c5)cn4)c3)n2)cn1. The van der Waals surface area contributed by atoms with Gasteiger partial charge in [0.25, 0.3) is 10.0 Å². The second-order valence-corrected chi connectivity index (χ2v) is 9.81. The maximum Gasteiger partial charge on any atom is 0.250 e. The highest BCUT2D eigenvalue weighted by Gasteiger charge is 2.12. The van der Waals surface area contributed by atoms with Crippen LogP contribution in [0.15, 0.2) is 84.6 Å². The van der Waals surface area contributed by atoms with Crippen molar-refractivity contribution in [3.63, 3.8) is 0 Å². The lowest BCUT2D eigenvalue weighted by molar-refractivity contribution is 0.586. The minimum Gasteiger partial charge on any atom is -0.288 e. The molecule has 0 aliphatic rings. The molecule has 0 fully saturated rings. The average molecular weight is 504 g/mol. The zero-order chi connectivity index (χ0) is 25.3. The predicted molar refractivity (Wildman–Crippen MR) is 129 cm³/mol. The van der Waals surface area contributed by atoms with E-state index in [0.29, 0.717) is 22.6 Å². The first-order valence-corrected chi connectivity index (χ1v) is 12.5. The largest absolute Gasteiger partial charge is 0.288 e. The molecule has 0 unspecified atom stereocenters. The third-order valence-electron chi connectivity index (χ3n) is 5.28. The number of nitrogens with zero attached hydrogens (tertiary/aromatic N) is 7. The molecular formula is C24H18FN7O3S. The molecule has 36 heavy (non-hydrogen) atoms. The number of hydrogen-bond acceptors (Lipinski definition) is 8. The van der Waals surface area contributed by atoms with Gasteiger partial charge in [-0.1, -0.05) is 18.2 Å². The van der Waals surface area contributed by atoms with Gasteiger partial charge in [0.05, 0.1) is 24.8 Å². The van der Waals surface area contributed by atoms with Crippen LogP contribution in [0.25, 0.3) is 28.2 Å². The van der Waals surface area contributed by atoms with E-state index in [1.54, 1.807) is 12.4 Å².